The second kappa shape index (κ2) is 4.36. The van der Waals surface area contributed by atoms with Gasteiger partial charge >= 0.3 is 0 Å². The Bertz CT molecular complexity index is 436. The average Bonchev–Trinajstić information content (AvgIpc) is 2.69. The summed E-state index contributed by atoms with van der Waals surface area (Å²) in [6.45, 7) is 1.06. The van der Waals surface area contributed by atoms with E-state index in [4.69, 9.17) is 9.52 Å². The number of hydrogen-bond acceptors (Lipinski definition) is 3. The van der Waals surface area contributed by atoms with E-state index in [9.17, 15) is 0 Å². The topological polar surface area (TPSA) is 36.6 Å². The van der Waals surface area contributed by atoms with Crippen LogP contribution in [0, 0.1) is 0 Å². The second-order valence-corrected chi connectivity index (χ2v) is 3.62. The van der Waals surface area contributed by atoms with Crippen LogP contribution in [-0.4, -0.2) is 25.3 Å². The molecule has 0 aliphatic rings. The molecule has 0 amide bonds. The standard InChI is InChI=1S/C12H15NO2/c1-13(7-4-8-14)11-9-15-12-6-3-2-5-10(11)12/h2-3,5-6,9,14H,4,7-8H2,1H3. The van der Waals surface area contributed by atoms with Gasteiger partial charge in [-0.15, -0.1) is 0 Å². The summed E-state index contributed by atoms with van der Waals surface area (Å²) in [4.78, 5) is 2.10. The van der Waals surface area contributed by atoms with Crippen LogP contribution in [0.15, 0.2) is 34.9 Å². The number of rotatable bonds is 4. The maximum atomic E-state index is 8.78. The lowest BCUT2D eigenvalue weighted by atomic mass is 10.2. The molecule has 1 heterocycles. The molecule has 15 heavy (non-hydrogen) atoms. The Balaban J connectivity index is 2.27. The fourth-order valence-corrected chi connectivity index (χ4v) is 1.69. The number of aliphatic hydroxyl groups is 1. The number of furan rings is 1. The lowest BCUT2D eigenvalue weighted by Crippen LogP contribution is -2.18. The normalized spacial score (nSPS) is 10.8. The van der Waals surface area contributed by atoms with E-state index < -0.39 is 0 Å². The third kappa shape index (κ3) is 1.97. The fourth-order valence-electron chi connectivity index (χ4n) is 1.69. The van der Waals surface area contributed by atoms with Crippen molar-refractivity contribution < 1.29 is 9.52 Å². The van der Waals surface area contributed by atoms with Gasteiger partial charge in [0.25, 0.3) is 0 Å². The highest BCUT2D eigenvalue weighted by Crippen LogP contribution is 2.27. The number of para-hydroxylation sites is 1. The van der Waals surface area contributed by atoms with Crippen LogP contribution in [0.1, 0.15) is 6.42 Å². The number of aliphatic hydroxyl groups excluding tert-OH is 1. The van der Waals surface area contributed by atoms with E-state index in [1.807, 2.05) is 31.3 Å². The molecule has 1 aromatic heterocycles. The summed E-state index contributed by atoms with van der Waals surface area (Å²) in [7, 11) is 2.01. The Morgan fingerprint density at radius 2 is 2.13 bits per heavy atom. The van der Waals surface area contributed by atoms with E-state index in [0.29, 0.717) is 0 Å². The van der Waals surface area contributed by atoms with Crippen molar-refractivity contribution in [3.63, 3.8) is 0 Å². The lowest BCUT2D eigenvalue weighted by Gasteiger charge is -2.16. The van der Waals surface area contributed by atoms with Crippen molar-refractivity contribution in [2.45, 2.75) is 6.42 Å². The molecule has 0 atom stereocenters. The van der Waals surface area contributed by atoms with Gasteiger partial charge in [0, 0.05) is 25.6 Å². The molecule has 0 saturated carbocycles. The average molecular weight is 205 g/mol. The van der Waals surface area contributed by atoms with Crippen LogP contribution in [0.2, 0.25) is 0 Å². The predicted molar refractivity (Wildman–Crippen MR) is 61.2 cm³/mol. The first-order valence-electron chi connectivity index (χ1n) is 5.11. The summed E-state index contributed by atoms with van der Waals surface area (Å²) in [5.41, 5.74) is 1.99. The molecule has 3 nitrogen and oxygen atoms in total. The van der Waals surface area contributed by atoms with Crippen molar-refractivity contribution in [2.24, 2.45) is 0 Å². The summed E-state index contributed by atoms with van der Waals surface area (Å²) in [6, 6.07) is 7.97. The van der Waals surface area contributed by atoms with Crippen LogP contribution in [0.5, 0.6) is 0 Å². The van der Waals surface area contributed by atoms with Crippen molar-refractivity contribution in [3.05, 3.63) is 30.5 Å². The first-order chi connectivity index (χ1) is 7.33. The maximum absolute atomic E-state index is 8.78. The van der Waals surface area contributed by atoms with E-state index in [0.717, 1.165) is 29.6 Å². The molecule has 0 unspecified atom stereocenters. The molecule has 3 heteroatoms. The van der Waals surface area contributed by atoms with Crippen molar-refractivity contribution in [1.82, 2.24) is 0 Å². The van der Waals surface area contributed by atoms with Crippen molar-refractivity contribution in [1.29, 1.82) is 0 Å². The highest BCUT2D eigenvalue weighted by Gasteiger charge is 2.08. The van der Waals surface area contributed by atoms with Crippen molar-refractivity contribution in [3.8, 4) is 0 Å². The molecule has 1 aromatic carbocycles. The monoisotopic (exact) mass is 205 g/mol. The molecule has 0 spiro atoms. The quantitative estimate of drug-likeness (QED) is 0.831. The first kappa shape index (κ1) is 10.1. The summed E-state index contributed by atoms with van der Waals surface area (Å²) >= 11 is 0. The van der Waals surface area contributed by atoms with Crippen molar-refractivity contribution in [2.75, 3.05) is 25.1 Å². The van der Waals surface area contributed by atoms with Crippen LogP contribution < -0.4 is 4.90 Å². The zero-order valence-electron chi connectivity index (χ0n) is 8.81. The minimum atomic E-state index is 0.222. The van der Waals surface area contributed by atoms with Crippen LogP contribution in [0.3, 0.4) is 0 Å². The summed E-state index contributed by atoms with van der Waals surface area (Å²) in [5.74, 6) is 0. The van der Waals surface area contributed by atoms with Gasteiger partial charge in [-0.05, 0) is 18.6 Å². The van der Waals surface area contributed by atoms with Crippen LogP contribution in [0.25, 0.3) is 11.0 Å². The van der Waals surface area contributed by atoms with E-state index in [2.05, 4.69) is 4.90 Å². The Morgan fingerprint density at radius 3 is 2.93 bits per heavy atom. The van der Waals surface area contributed by atoms with E-state index in [1.165, 1.54) is 0 Å². The number of fused-ring (bicyclic) bond motifs is 1. The molecule has 0 fully saturated rings. The predicted octanol–water partition coefficient (Wildman–Crippen LogP) is 2.25. The van der Waals surface area contributed by atoms with Gasteiger partial charge in [0.05, 0.1) is 5.69 Å². The number of benzene rings is 1. The molecule has 0 saturated heterocycles. The first-order valence-corrected chi connectivity index (χ1v) is 5.11. The number of anilines is 1. The summed E-state index contributed by atoms with van der Waals surface area (Å²) in [6.07, 6.45) is 2.54. The van der Waals surface area contributed by atoms with E-state index in [1.54, 1.807) is 6.26 Å². The zero-order valence-corrected chi connectivity index (χ0v) is 8.81. The lowest BCUT2D eigenvalue weighted by molar-refractivity contribution is 0.290. The fraction of sp³-hybridized carbons (Fsp3) is 0.333. The van der Waals surface area contributed by atoms with Gasteiger partial charge in [-0.1, -0.05) is 12.1 Å². The van der Waals surface area contributed by atoms with Gasteiger partial charge in [-0.25, -0.2) is 0 Å². The molecule has 80 valence electrons. The van der Waals surface area contributed by atoms with Crippen LogP contribution >= 0.6 is 0 Å². The van der Waals surface area contributed by atoms with Crippen molar-refractivity contribution >= 4 is 16.7 Å². The minimum Gasteiger partial charge on any atom is -0.462 e. The van der Waals surface area contributed by atoms with Gasteiger partial charge in [0.15, 0.2) is 0 Å². The number of nitrogens with zero attached hydrogens (tertiary/aromatic N) is 1. The molecule has 0 aliphatic carbocycles. The maximum Gasteiger partial charge on any atom is 0.136 e. The van der Waals surface area contributed by atoms with Gasteiger partial charge in [-0.3, -0.25) is 0 Å². The van der Waals surface area contributed by atoms with Crippen LogP contribution in [0.4, 0.5) is 5.69 Å². The summed E-state index contributed by atoms with van der Waals surface area (Å²) in [5, 5.41) is 9.90. The van der Waals surface area contributed by atoms with Gasteiger partial charge in [-0.2, -0.15) is 0 Å². The molecule has 2 aromatic rings. The summed E-state index contributed by atoms with van der Waals surface area (Å²) < 4.78 is 5.45. The smallest absolute Gasteiger partial charge is 0.136 e. The molecular formula is C12H15NO2. The second-order valence-electron chi connectivity index (χ2n) is 3.62. The van der Waals surface area contributed by atoms with Gasteiger partial charge < -0.3 is 14.4 Å². The van der Waals surface area contributed by atoms with E-state index in [-0.39, 0.29) is 6.61 Å². The zero-order chi connectivity index (χ0) is 10.7. The van der Waals surface area contributed by atoms with Gasteiger partial charge in [0.2, 0.25) is 0 Å². The molecule has 2 rings (SSSR count). The highest BCUT2D eigenvalue weighted by molar-refractivity contribution is 5.90. The molecule has 0 aliphatic heterocycles. The Morgan fingerprint density at radius 1 is 1.33 bits per heavy atom. The Hall–Kier alpha value is -1.48. The SMILES string of the molecule is CN(CCCO)c1coc2ccccc12. The Labute approximate surface area is 88.9 Å². The molecule has 0 bridgehead atoms. The third-order valence-electron chi connectivity index (χ3n) is 2.52. The van der Waals surface area contributed by atoms with Gasteiger partial charge in [0.1, 0.15) is 11.8 Å². The molecule has 0 radical (unpaired) electrons. The number of hydrogen-bond donors (Lipinski definition) is 1. The molecule has 1 N–H and O–H groups in total. The third-order valence-corrected chi connectivity index (χ3v) is 2.52. The Kier molecular flexibility index (Phi) is 2.92. The molecular weight excluding hydrogens is 190 g/mol. The largest absolute Gasteiger partial charge is 0.462 e. The van der Waals surface area contributed by atoms with E-state index >= 15 is 0 Å². The highest BCUT2D eigenvalue weighted by atomic mass is 16.3. The van der Waals surface area contributed by atoms with Crippen LogP contribution in [-0.2, 0) is 0 Å². The minimum absolute atomic E-state index is 0.222.